The summed E-state index contributed by atoms with van der Waals surface area (Å²) in [4.78, 5) is 20.5. The molecule has 0 atom stereocenters. The Morgan fingerprint density at radius 3 is 2.42 bits per heavy atom. The average molecular weight is 322 g/mol. The van der Waals surface area contributed by atoms with Gasteiger partial charge in [-0.05, 0) is 49.7 Å². The first-order valence-electron chi connectivity index (χ1n) is 7.56. The lowest BCUT2D eigenvalue weighted by molar-refractivity contribution is 0.102. The fourth-order valence-electron chi connectivity index (χ4n) is 2.31. The summed E-state index contributed by atoms with van der Waals surface area (Å²) in [5, 5.41) is 11.8. The van der Waals surface area contributed by atoms with Crippen molar-refractivity contribution < 1.29 is 9.90 Å². The molecule has 0 unspecified atom stereocenters. The van der Waals surface area contributed by atoms with Crippen molar-refractivity contribution in [2.75, 3.05) is 5.32 Å². The third-order valence-corrected chi connectivity index (χ3v) is 3.90. The van der Waals surface area contributed by atoms with Gasteiger partial charge in [-0.3, -0.25) is 9.78 Å². The SMILES string of the molecule is Cc1ncn(-c2ccc(NC(=O)c3ccc(CO)cn3)cc2)c1C. The van der Waals surface area contributed by atoms with E-state index >= 15 is 0 Å². The van der Waals surface area contributed by atoms with Gasteiger partial charge in [-0.2, -0.15) is 0 Å². The van der Waals surface area contributed by atoms with Crippen LogP contribution in [-0.4, -0.2) is 25.5 Å². The zero-order chi connectivity index (χ0) is 17.1. The van der Waals surface area contributed by atoms with Gasteiger partial charge in [0.25, 0.3) is 5.91 Å². The van der Waals surface area contributed by atoms with E-state index in [0.717, 1.165) is 17.1 Å². The number of carbonyl (C=O) groups excluding carboxylic acids is 1. The summed E-state index contributed by atoms with van der Waals surface area (Å²) in [6.45, 7) is 3.89. The minimum absolute atomic E-state index is 0.0937. The monoisotopic (exact) mass is 322 g/mol. The molecular formula is C18H18N4O2. The van der Waals surface area contributed by atoms with Crippen molar-refractivity contribution in [2.24, 2.45) is 0 Å². The largest absolute Gasteiger partial charge is 0.392 e. The molecule has 0 saturated carbocycles. The number of pyridine rings is 1. The van der Waals surface area contributed by atoms with Crippen LogP contribution in [-0.2, 0) is 6.61 Å². The lowest BCUT2D eigenvalue weighted by Crippen LogP contribution is -2.13. The Labute approximate surface area is 139 Å². The summed E-state index contributed by atoms with van der Waals surface area (Å²) in [5.41, 5.74) is 4.71. The third kappa shape index (κ3) is 3.18. The van der Waals surface area contributed by atoms with Gasteiger partial charge >= 0.3 is 0 Å². The highest BCUT2D eigenvalue weighted by Crippen LogP contribution is 2.17. The van der Waals surface area contributed by atoms with Crippen LogP contribution in [0.5, 0.6) is 0 Å². The maximum Gasteiger partial charge on any atom is 0.274 e. The molecule has 0 aliphatic rings. The maximum atomic E-state index is 12.2. The number of aliphatic hydroxyl groups excluding tert-OH is 1. The van der Waals surface area contributed by atoms with Crippen LogP contribution in [0, 0.1) is 13.8 Å². The first-order valence-corrected chi connectivity index (χ1v) is 7.56. The lowest BCUT2D eigenvalue weighted by Gasteiger charge is -2.08. The van der Waals surface area contributed by atoms with Crippen molar-refractivity contribution in [3.05, 3.63) is 71.6 Å². The van der Waals surface area contributed by atoms with Gasteiger partial charge in [-0.15, -0.1) is 0 Å². The van der Waals surface area contributed by atoms with Crippen molar-refractivity contribution in [3.63, 3.8) is 0 Å². The van der Waals surface area contributed by atoms with Gasteiger partial charge in [0, 0.05) is 23.3 Å². The van der Waals surface area contributed by atoms with Crippen LogP contribution in [0.3, 0.4) is 0 Å². The molecule has 2 aromatic heterocycles. The zero-order valence-electron chi connectivity index (χ0n) is 13.5. The maximum absolute atomic E-state index is 12.2. The number of nitrogens with zero attached hydrogens (tertiary/aromatic N) is 3. The first kappa shape index (κ1) is 15.9. The van der Waals surface area contributed by atoms with Crippen LogP contribution in [0.2, 0.25) is 0 Å². The first-order chi connectivity index (χ1) is 11.6. The van der Waals surface area contributed by atoms with Gasteiger partial charge in [0.1, 0.15) is 5.69 Å². The molecule has 122 valence electrons. The van der Waals surface area contributed by atoms with E-state index in [4.69, 9.17) is 5.11 Å². The Bertz CT molecular complexity index is 852. The van der Waals surface area contributed by atoms with Gasteiger partial charge in [0.15, 0.2) is 0 Å². The van der Waals surface area contributed by atoms with Crippen molar-refractivity contribution in [2.45, 2.75) is 20.5 Å². The average Bonchev–Trinajstić information content (AvgIpc) is 2.95. The molecular weight excluding hydrogens is 304 g/mol. The van der Waals surface area contributed by atoms with E-state index < -0.39 is 0 Å². The van der Waals surface area contributed by atoms with Crippen molar-refractivity contribution in [1.29, 1.82) is 0 Å². The van der Waals surface area contributed by atoms with E-state index in [2.05, 4.69) is 15.3 Å². The van der Waals surface area contributed by atoms with E-state index in [-0.39, 0.29) is 12.5 Å². The Balaban J connectivity index is 1.73. The van der Waals surface area contributed by atoms with Gasteiger partial charge in [-0.1, -0.05) is 6.07 Å². The fraction of sp³-hybridized carbons (Fsp3) is 0.167. The number of rotatable bonds is 4. The number of hydrogen-bond acceptors (Lipinski definition) is 4. The Morgan fingerprint density at radius 1 is 1.12 bits per heavy atom. The van der Waals surface area contributed by atoms with Crippen LogP contribution >= 0.6 is 0 Å². The molecule has 1 amide bonds. The van der Waals surface area contributed by atoms with Crippen molar-refractivity contribution >= 4 is 11.6 Å². The molecule has 3 aromatic rings. The number of nitrogens with one attached hydrogen (secondary N) is 1. The lowest BCUT2D eigenvalue weighted by atomic mass is 10.2. The number of imidazole rings is 1. The van der Waals surface area contributed by atoms with Gasteiger partial charge in [-0.25, -0.2) is 4.98 Å². The molecule has 2 N–H and O–H groups in total. The molecule has 0 spiro atoms. The Morgan fingerprint density at radius 2 is 1.88 bits per heavy atom. The summed E-state index contributed by atoms with van der Waals surface area (Å²) >= 11 is 0. The zero-order valence-corrected chi connectivity index (χ0v) is 13.5. The summed E-state index contributed by atoms with van der Waals surface area (Å²) in [5.74, 6) is -0.290. The van der Waals surface area contributed by atoms with Crippen LogP contribution in [0.25, 0.3) is 5.69 Å². The number of aliphatic hydroxyl groups is 1. The molecule has 6 nitrogen and oxygen atoms in total. The second kappa shape index (κ2) is 6.64. The van der Waals surface area contributed by atoms with Crippen molar-refractivity contribution in [3.8, 4) is 5.69 Å². The van der Waals surface area contributed by atoms with E-state index in [1.807, 2.05) is 42.7 Å². The van der Waals surface area contributed by atoms with Crippen LogP contribution < -0.4 is 5.32 Å². The summed E-state index contributed by atoms with van der Waals surface area (Å²) < 4.78 is 2.00. The van der Waals surface area contributed by atoms with Crippen LogP contribution in [0.1, 0.15) is 27.4 Å². The van der Waals surface area contributed by atoms with E-state index in [1.54, 1.807) is 18.5 Å². The standard InChI is InChI=1S/C18H18N4O2/c1-12-13(2)22(11-20-12)16-6-4-15(5-7-16)21-18(24)17-8-3-14(10-23)9-19-17/h3-9,11,23H,10H2,1-2H3,(H,21,24). The van der Waals surface area contributed by atoms with E-state index in [1.165, 1.54) is 6.20 Å². The number of benzene rings is 1. The quantitative estimate of drug-likeness (QED) is 0.774. The highest BCUT2D eigenvalue weighted by molar-refractivity contribution is 6.02. The number of amides is 1. The Kier molecular flexibility index (Phi) is 4.39. The highest BCUT2D eigenvalue weighted by atomic mass is 16.3. The number of aryl methyl sites for hydroxylation is 1. The molecule has 1 aromatic carbocycles. The van der Waals surface area contributed by atoms with Crippen molar-refractivity contribution in [1.82, 2.24) is 14.5 Å². The minimum Gasteiger partial charge on any atom is -0.392 e. The van der Waals surface area contributed by atoms with Gasteiger partial charge in [0.2, 0.25) is 0 Å². The number of aromatic nitrogens is 3. The van der Waals surface area contributed by atoms with E-state index in [9.17, 15) is 4.79 Å². The summed E-state index contributed by atoms with van der Waals surface area (Å²) in [6.07, 6.45) is 3.27. The second-order valence-corrected chi connectivity index (χ2v) is 5.50. The molecule has 0 bridgehead atoms. The molecule has 0 radical (unpaired) electrons. The normalized spacial score (nSPS) is 10.6. The topological polar surface area (TPSA) is 80.0 Å². The number of hydrogen-bond donors (Lipinski definition) is 2. The predicted molar refractivity (Wildman–Crippen MR) is 91.2 cm³/mol. The molecule has 0 aliphatic carbocycles. The molecule has 3 rings (SSSR count). The highest BCUT2D eigenvalue weighted by Gasteiger charge is 2.08. The van der Waals surface area contributed by atoms with Crippen LogP contribution in [0.15, 0.2) is 48.9 Å². The predicted octanol–water partition coefficient (Wildman–Crippen LogP) is 2.63. The Hall–Kier alpha value is -2.99. The third-order valence-electron chi connectivity index (χ3n) is 3.90. The molecule has 24 heavy (non-hydrogen) atoms. The van der Waals surface area contributed by atoms with Gasteiger partial charge in [0.05, 0.1) is 18.6 Å². The molecule has 0 aliphatic heterocycles. The molecule has 0 fully saturated rings. The number of carbonyl (C=O) groups is 1. The molecule has 6 heteroatoms. The summed E-state index contributed by atoms with van der Waals surface area (Å²) in [6, 6.07) is 10.8. The van der Waals surface area contributed by atoms with Gasteiger partial charge < -0.3 is 15.0 Å². The minimum atomic E-state index is -0.290. The molecule has 2 heterocycles. The van der Waals surface area contributed by atoms with Crippen LogP contribution in [0.4, 0.5) is 5.69 Å². The summed E-state index contributed by atoms with van der Waals surface area (Å²) in [7, 11) is 0. The fourth-order valence-corrected chi connectivity index (χ4v) is 2.31. The second-order valence-electron chi connectivity index (χ2n) is 5.50. The van der Waals surface area contributed by atoms with E-state index in [0.29, 0.717) is 16.9 Å². The molecule has 0 saturated heterocycles. The smallest absolute Gasteiger partial charge is 0.274 e. The number of anilines is 1.